The number of esters is 1. The number of ether oxygens (including phenoxy) is 1. The quantitative estimate of drug-likeness (QED) is 0.796. The van der Waals surface area contributed by atoms with Crippen LogP contribution in [0.2, 0.25) is 0 Å². The molecule has 2 aromatic rings. The van der Waals surface area contributed by atoms with Gasteiger partial charge in [0.05, 0.1) is 6.61 Å². The lowest BCUT2D eigenvalue weighted by molar-refractivity contribution is -0.121. The molecule has 0 aromatic carbocycles. The summed E-state index contributed by atoms with van der Waals surface area (Å²) in [5, 5.41) is 2.71. The highest BCUT2D eigenvalue weighted by Gasteiger charge is 2.24. The van der Waals surface area contributed by atoms with Crippen molar-refractivity contribution < 1.29 is 18.7 Å². The number of nitrogens with one attached hydrogen (secondary N) is 1. The summed E-state index contributed by atoms with van der Waals surface area (Å²) in [6.07, 6.45) is 2.03. The molecule has 0 aliphatic carbocycles. The second kappa shape index (κ2) is 7.08. The molecule has 2 heterocycles. The zero-order valence-electron chi connectivity index (χ0n) is 13.3. The van der Waals surface area contributed by atoms with Gasteiger partial charge in [0.1, 0.15) is 29.6 Å². The van der Waals surface area contributed by atoms with Crippen molar-refractivity contribution in [2.75, 3.05) is 13.2 Å². The van der Waals surface area contributed by atoms with Gasteiger partial charge in [-0.15, -0.1) is 0 Å². The molecule has 0 aliphatic heterocycles. The number of carbonyl (C=O) groups is 2. The van der Waals surface area contributed by atoms with E-state index < -0.39 is 11.5 Å². The largest absolute Gasteiger partial charge is 0.462 e. The van der Waals surface area contributed by atoms with Crippen LogP contribution < -0.4 is 10.9 Å². The van der Waals surface area contributed by atoms with Crippen LogP contribution in [-0.4, -0.2) is 34.6 Å². The molecule has 0 aliphatic rings. The summed E-state index contributed by atoms with van der Waals surface area (Å²) < 4.78 is 11.4. The van der Waals surface area contributed by atoms with Gasteiger partial charge >= 0.3 is 5.97 Å². The molecule has 0 atom stereocenters. The topological polar surface area (TPSA) is 103 Å². The molecule has 2 rings (SSSR count). The van der Waals surface area contributed by atoms with Gasteiger partial charge in [-0.05, 0) is 20.3 Å². The maximum atomic E-state index is 12.6. The second-order valence-electron chi connectivity index (χ2n) is 4.96. The lowest BCUT2D eigenvalue weighted by Crippen LogP contribution is -2.33. The van der Waals surface area contributed by atoms with Gasteiger partial charge in [-0.1, -0.05) is 6.92 Å². The second-order valence-corrected chi connectivity index (χ2v) is 4.96. The normalized spacial score (nSPS) is 10.7. The van der Waals surface area contributed by atoms with Crippen LogP contribution in [0.1, 0.15) is 36.4 Å². The van der Waals surface area contributed by atoms with Gasteiger partial charge in [0, 0.05) is 6.54 Å². The number of aromatic nitrogens is 2. The number of fused-ring (bicyclic) bond motifs is 1. The number of nitrogens with zero attached hydrogens (tertiary/aromatic N) is 2. The Morgan fingerprint density at radius 1 is 1.39 bits per heavy atom. The first-order chi connectivity index (χ1) is 11.0. The lowest BCUT2D eigenvalue weighted by Gasteiger charge is -2.06. The summed E-state index contributed by atoms with van der Waals surface area (Å²) in [6.45, 7) is 5.70. The van der Waals surface area contributed by atoms with Crippen molar-refractivity contribution in [2.24, 2.45) is 0 Å². The SMILES string of the molecule is CCCNC(=O)Cn1cnc2oc(C)c(C(=O)OCC)c2c1=O. The maximum Gasteiger partial charge on any atom is 0.342 e. The van der Waals surface area contributed by atoms with Crippen LogP contribution in [-0.2, 0) is 16.1 Å². The molecular formula is C15H19N3O5. The van der Waals surface area contributed by atoms with Gasteiger partial charge in [-0.25, -0.2) is 9.78 Å². The molecule has 0 radical (unpaired) electrons. The highest BCUT2D eigenvalue weighted by atomic mass is 16.5. The number of rotatable bonds is 6. The highest BCUT2D eigenvalue weighted by molar-refractivity contribution is 6.03. The molecule has 23 heavy (non-hydrogen) atoms. The van der Waals surface area contributed by atoms with E-state index in [4.69, 9.17) is 9.15 Å². The fourth-order valence-electron chi connectivity index (χ4n) is 2.17. The fraction of sp³-hybridized carbons (Fsp3) is 0.467. The number of carbonyl (C=O) groups excluding carboxylic acids is 2. The number of furan rings is 1. The average Bonchev–Trinajstić information content (AvgIpc) is 2.85. The molecular weight excluding hydrogens is 302 g/mol. The number of hydrogen-bond acceptors (Lipinski definition) is 6. The summed E-state index contributed by atoms with van der Waals surface area (Å²) in [5.74, 6) is -0.680. The van der Waals surface area contributed by atoms with Gasteiger partial charge < -0.3 is 14.5 Å². The first-order valence-corrected chi connectivity index (χ1v) is 7.41. The molecule has 0 saturated carbocycles. The van der Waals surface area contributed by atoms with Gasteiger partial charge in [0.15, 0.2) is 0 Å². The molecule has 0 fully saturated rings. The molecule has 1 N–H and O–H groups in total. The fourth-order valence-corrected chi connectivity index (χ4v) is 2.17. The third-order valence-electron chi connectivity index (χ3n) is 3.22. The Balaban J connectivity index is 2.45. The Bertz CT molecular complexity index is 790. The first-order valence-electron chi connectivity index (χ1n) is 7.41. The third kappa shape index (κ3) is 3.41. The minimum Gasteiger partial charge on any atom is -0.462 e. The van der Waals surface area contributed by atoms with Crippen LogP contribution in [0.15, 0.2) is 15.5 Å². The van der Waals surface area contributed by atoms with E-state index in [-0.39, 0.29) is 41.5 Å². The van der Waals surface area contributed by atoms with Crippen LogP contribution >= 0.6 is 0 Å². The van der Waals surface area contributed by atoms with Crippen molar-refractivity contribution in [3.8, 4) is 0 Å². The monoisotopic (exact) mass is 321 g/mol. The number of amides is 1. The predicted octanol–water partition coefficient (Wildman–Crippen LogP) is 1.00. The molecule has 1 amide bonds. The van der Waals surface area contributed by atoms with Gasteiger partial charge in [-0.3, -0.25) is 14.2 Å². The number of aryl methyl sites for hydroxylation is 1. The molecule has 124 valence electrons. The van der Waals surface area contributed by atoms with Crippen LogP contribution in [0.5, 0.6) is 0 Å². The van der Waals surface area contributed by atoms with E-state index in [2.05, 4.69) is 10.3 Å². The Kier molecular flexibility index (Phi) is 5.15. The van der Waals surface area contributed by atoms with Crippen molar-refractivity contribution in [1.82, 2.24) is 14.9 Å². The summed E-state index contributed by atoms with van der Waals surface area (Å²) in [6, 6.07) is 0. The van der Waals surface area contributed by atoms with Gasteiger partial charge in [0.2, 0.25) is 11.6 Å². The molecule has 8 heteroatoms. The van der Waals surface area contributed by atoms with E-state index in [0.717, 1.165) is 11.0 Å². The minimum absolute atomic E-state index is 0.0340. The van der Waals surface area contributed by atoms with Crippen molar-refractivity contribution in [3.05, 3.63) is 28.0 Å². The summed E-state index contributed by atoms with van der Waals surface area (Å²) in [5.41, 5.74) is -0.398. The van der Waals surface area contributed by atoms with Crippen LogP contribution in [0.4, 0.5) is 0 Å². The zero-order chi connectivity index (χ0) is 17.0. The molecule has 0 saturated heterocycles. The number of hydrogen-bond donors (Lipinski definition) is 1. The maximum absolute atomic E-state index is 12.6. The van der Waals surface area contributed by atoms with Gasteiger partial charge in [0.25, 0.3) is 5.56 Å². The van der Waals surface area contributed by atoms with E-state index in [1.54, 1.807) is 13.8 Å². The van der Waals surface area contributed by atoms with Crippen molar-refractivity contribution in [3.63, 3.8) is 0 Å². The van der Waals surface area contributed by atoms with Crippen LogP contribution in [0.3, 0.4) is 0 Å². The minimum atomic E-state index is -0.643. The smallest absolute Gasteiger partial charge is 0.342 e. The Labute approximate surface area is 132 Å². The van der Waals surface area contributed by atoms with Crippen molar-refractivity contribution >= 4 is 23.0 Å². The first kappa shape index (κ1) is 16.7. The lowest BCUT2D eigenvalue weighted by atomic mass is 10.2. The van der Waals surface area contributed by atoms with E-state index in [9.17, 15) is 14.4 Å². The molecule has 2 aromatic heterocycles. The Hall–Kier alpha value is -2.64. The highest BCUT2D eigenvalue weighted by Crippen LogP contribution is 2.21. The average molecular weight is 321 g/mol. The van der Waals surface area contributed by atoms with Gasteiger partial charge in [-0.2, -0.15) is 0 Å². The standard InChI is InChI=1S/C15H19N3O5/c1-4-6-16-10(19)7-18-8-17-13-12(14(18)20)11(9(3)23-13)15(21)22-5-2/h8H,4-7H2,1-3H3,(H,16,19). The van der Waals surface area contributed by atoms with E-state index >= 15 is 0 Å². The Morgan fingerprint density at radius 3 is 2.78 bits per heavy atom. The molecule has 0 bridgehead atoms. The van der Waals surface area contributed by atoms with E-state index in [0.29, 0.717) is 6.54 Å². The van der Waals surface area contributed by atoms with Crippen LogP contribution in [0, 0.1) is 6.92 Å². The molecule has 0 spiro atoms. The van der Waals surface area contributed by atoms with Crippen molar-refractivity contribution in [2.45, 2.75) is 33.7 Å². The molecule has 8 nitrogen and oxygen atoms in total. The predicted molar refractivity (Wildman–Crippen MR) is 82.3 cm³/mol. The van der Waals surface area contributed by atoms with Crippen molar-refractivity contribution in [1.29, 1.82) is 0 Å². The Morgan fingerprint density at radius 2 is 2.13 bits per heavy atom. The van der Waals surface area contributed by atoms with E-state index in [1.165, 1.54) is 6.33 Å². The van der Waals surface area contributed by atoms with Crippen LogP contribution in [0.25, 0.3) is 11.1 Å². The van der Waals surface area contributed by atoms with E-state index in [1.807, 2.05) is 6.92 Å². The zero-order valence-corrected chi connectivity index (χ0v) is 13.3. The summed E-state index contributed by atoms with van der Waals surface area (Å²) in [7, 11) is 0. The summed E-state index contributed by atoms with van der Waals surface area (Å²) in [4.78, 5) is 40.4. The third-order valence-corrected chi connectivity index (χ3v) is 3.22. The summed E-state index contributed by atoms with van der Waals surface area (Å²) >= 11 is 0. The molecule has 0 unspecified atom stereocenters.